The summed E-state index contributed by atoms with van der Waals surface area (Å²) < 4.78 is 1.81. The number of amides is 1. The van der Waals surface area contributed by atoms with Gasteiger partial charge in [-0.05, 0) is 35.9 Å². The van der Waals surface area contributed by atoms with Gasteiger partial charge < -0.3 is 5.32 Å². The SMILES string of the molecule is O=C(NCc1nc(-c2ccncc2)n[nH]1)c1cccc(Cn2cccn2)c1. The smallest absolute Gasteiger partial charge is 0.251 e. The summed E-state index contributed by atoms with van der Waals surface area (Å²) in [7, 11) is 0. The number of hydrogen-bond acceptors (Lipinski definition) is 5. The molecule has 8 heteroatoms. The number of H-pyrrole nitrogens is 1. The third-order valence-electron chi connectivity index (χ3n) is 3.98. The van der Waals surface area contributed by atoms with Crippen LogP contribution in [0, 0.1) is 0 Å². The Morgan fingerprint density at radius 1 is 1.11 bits per heavy atom. The molecule has 3 heterocycles. The van der Waals surface area contributed by atoms with Crippen molar-refractivity contribution in [1.29, 1.82) is 0 Å². The zero-order valence-corrected chi connectivity index (χ0v) is 14.4. The molecule has 0 saturated heterocycles. The van der Waals surface area contributed by atoms with Crippen LogP contribution in [0.5, 0.6) is 0 Å². The fourth-order valence-corrected chi connectivity index (χ4v) is 2.66. The number of rotatable bonds is 6. The summed E-state index contributed by atoms with van der Waals surface area (Å²) in [5.74, 6) is 0.991. The zero-order chi connectivity index (χ0) is 18.5. The second-order valence-electron chi connectivity index (χ2n) is 5.93. The second-order valence-corrected chi connectivity index (χ2v) is 5.93. The molecule has 4 aromatic rings. The van der Waals surface area contributed by atoms with Gasteiger partial charge in [0.2, 0.25) is 0 Å². The maximum Gasteiger partial charge on any atom is 0.251 e. The van der Waals surface area contributed by atoms with Gasteiger partial charge in [-0.3, -0.25) is 19.6 Å². The van der Waals surface area contributed by atoms with Crippen LogP contribution >= 0.6 is 0 Å². The maximum absolute atomic E-state index is 12.4. The van der Waals surface area contributed by atoms with E-state index in [1.165, 1.54) is 0 Å². The summed E-state index contributed by atoms with van der Waals surface area (Å²) in [6.45, 7) is 0.881. The van der Waals surface area contributed by atoms with E-state index in [4.69, 9.17) is 0 Å². The molecule has 1 aromatic carbocycles. The van der Waals surface area contributed by atoms with Crippen LogP contribution in [0.3, 0.4) is 0 Å². The molecule has 1 amide bonds. The summed E-state index contributed by atoms with van der Waals surface area (Å²) in [5.41, 5.74) is 2.46. The Balaban J connectivity index is 1.39. The van der Waals surface area contributed by atoms with Crippen molar-refractivity contribution in [1.82, 2.24) is 35.3 Å². The molecule has 134 valence electrons. The van der Waals surface area contributed by atoms with Crippen LogP contribution in [0.4, 0.5) is 0 Å². The molecule has 0 saturated carbocycles. The topological polar surface area (TPSA) is 101 Å². The molecule has 27 heavy (non-hydrogen) atoms. The van der Waals surface area contributed by atoms with Gasteiger partial charge in [-0.1, -0.05) is 12.1 Å². The molecule has 0 radical (unpaired) electrons. The van der Waals surface area contributed by atoms with E-state index in [0.717, 1.165) is 11.1 Å². The second kappa shape index (κ2) is 7.61. The normalized spacial score (nSPS) is 10.7. The van der Waals surface area contributed by atoms with E-state index in [-0.39, 0.29) is 12.5 Å². The van der Waals surface area contributed by atoms with Gasteiger partial charge in [-0.15, -0.1) is 0 Å². The van der Waals surface area contributed by atoms with Crippen LogP contribution in [0.15, 0.2) is 67.3 Å². The third-order valence-corrected chi connectivity index (χ3v) is 3.98. The summed E-state index contributed by atoms with van der Waals surface area (Å²) >= 11 is 0. The first-order valence-corrected chi connectivity index (χ1v) is 8.44. The summed E-state index contributed by atoms with van der Waals surface area (Å²) in [5, 5.41) is 14.1. The van der Waals surface area contributed by atoms with E-state index in [9.17, 15) is 4.79 Å². The lowest BCUT2D eigenvalue weighted by Gasteiger charge is -2.06. The Bertz CT molecular complexity index is 1030. The van der Waals surface area contributed by atoms with Crippen molar-refractivity contribution in [3.63, 3.8) is 0 Å². The van der Waals surface area contributed by atoms with Gasteiger partial charge in [0.25, 0.3) is 5.91 Å². The minimum atomic E-state index is -0.167. The van der Waals surface area contributed by atoms with Crippen LogP contribution in [0.25, 0.3) is 11.4 Å². The highest BCUT2D eigenvalue weighted by molar-refractivity contribution is 5.94. The minimum absolute atomic E-state index is 0.167. The number of nitrogens with zero attached hydrogens (tertiary/aromatic N) is 5. The molecule has 8 nitrogen and oxygen atoms in total. The lowest BCUT2D eigenvalue weighted by molar-refractivity contribution is 0.0950. The van der Waals surface area contributed by atoms with E-state index >= 15 is 0 Å². The van der Waals surface area contributed by atoms with E-state index in [1.807, 2.05) is 47.3 Å². The summed E-state index contributed by atoms with van der Waals surface area (Å²) in [6.07, 6.45) is 6.98. The van der Waals surface area contributed by atoms with E-state index in [1.54, 1.807) is 24.7 Å². The van der Waals surface area contributed by atoms with Crippen LogP contribution in [0.2, 0.25) is 0 Å². The molecule has 0 bridgehead atoms. The highest BCUT2D eigenvalue weighted by atomic mass is 16.1. The van der Waals surface area contributed by atoms with Crippen molar-refractivity contribution >= 4 is 5.91 Å². The molecule has 0 spiro atoms. The Morgan fingerprint density at radius 3 is 2.81 bits per heavy atom. The molecular weight excluding hydrogens is 342 g/mol. The minimum Gasteiger partial charge on any atom is -0.345 e. The fourth-order valence-electron chi connectivity index (χ4n) is 2.66. The fraction of sp³-hybridized carbons (Fsp3) is 0.105. The van der Waals surface area contributed by atoms with Crippen molar-refractivity contribution in [2.75, 3.05) is 0 Å². The number of carbonyl (C=O) groups is 1. The molecule has 3 aromatic heterocycles. The van der Waals surface area contributed by atoms with E-state index in [2.05, 4.69) is 30.6 Å². The predicted molar refractivity (Wildman–Crippen MR) is 98.6 cm³/mol. The molecule has 2 N–H and O–H groups in total. The van der Waals surface area contributed by atoms with Crippen LogP contribution in [-0.4, -0.2) is 35.9 Å². The first kappa shape index (κ1) is 16.6. The molecule has 0 unspecified atom stereocenters. The molecule has 0 atom stereocenters. The van der Waals surface area contributed by atoms with Crippen LogP contribution in [-0.2, 0) is 13.1 Å². The lowest BCUT2D eigenvalue weighted by atomic mass is 10.1. The molecular formula is C19H17N7O. The number of aromatic nitrogens is 6. The van der Waals surface area contributed by atoms with Gasteiger partial charge in [-0.25, -0.2) is 4.98 Å². The molecule has 0 aliphatic carbocycles. The van der Waals surface area contributed by atoms with Gasteiger partial charge in [0.15, 0.2) is 5.82 Å². The number of benzene rings is 1. The van der Waals surface area contributed by atoms with E-state index in [0.29, 0.717) is 23.8 Å². The molecule has 4 rings (SSSR count). The standard InChI is InChI=1S/C19H17N7O/c27-19(16-4-1-3-14(11-16)13-26-10-2-7-22-26)21-12-17-23-18(25-24-17)15-5-8-20-9-6-15/h1-11H,12-13H2,(H,21,27)(H,23,24,25). The van der Waals surface area contributed by atoms with Gasteiger partial charge in [-0.2, -0.15) is 10.2 Å². The van der Waals surface area contributed by atoms with Gasteiger partial charge in [0, 0.05) is 35.9 Å². The molecule has 0 aliphatic rings. The van der Waals surface area contributed by atoms with Crippen molar-refractivity contribution < 1.29 is 4.79 Å². The number of nitrogens with one attached hydrogen (secondary N) is 2. The van der Waals surface area contributed by atoms with Crippen molar-refractivity contribution in [2.45, 2.75) is 13.1 Å². The Morgan fingerprint density at radius 2 is 2.00 bits per heavy atom. The first-order chi connectivity index (χ1) is 13.3. The monoisotopic (exact) mass is 359 g/mol. The van der Waals surface area contributed by atoms with E-state index < -0.39 is 0 Å². The summed E-state index contributed by atoms with van der Waals surface area (Å²) in [6, 6.07) is 13.0. The molecule has 0 fully saturated rings. The average molecular weight is 359 g/mol. The third kappa shape index (κ3) is 4.06. The van der Waals surface area contributed by atoms with Crippen LogP contribution < -0.4 is 5.32 Å². The quantitative estimate of drug-likeness (QED) is 0.549. The van der Waals surface area contributed by atoms with Crippen LogP contribution in [0.1, 0.15) is 21.7 Å². The number of aromatic amines is 1. The number of pyridine rings is 1. The Kier molecular flexibility index (Phi) is 4.69. The van der Waals surface area contributed by atoms with Crippen molar-refractivity contribution in [3.05, 3.63) is 84.2 Å². The van der Waals surface area contributed by atoms with Gasteiger partial charge in [0.1, 0.15) is 5.82 Å². The number of carbonyl (C=O) groups excluding carboxylic acids is 1. The van der Waals surface area contributed by atoms with Gasteiger partial charge in [0.05, 0.1) is 13.1 Å². The Labute approximate surface area is 155 Å². The average Bonchev–Trinajstić information content (AvgIpc) is 3.39. The largest absolute Gasteiger partial charge is 0.345 e. The lowest BCUT2D eigenvalue weighted by Crippen LogP contribution is -2.23. The maximum atomic E-state index is 12.4. The number of hydrogen-bond donors (Lipinski definition) is 2. The first-order valence-electron chi connectivity index (χ1n) is 8.44. The molecule has 0 aliphatic heterocycles. The van der Waals surface area contributed by atoms with Crippen molar-refractivity contribution in [3.8, 4) is 11.4 Å². The predicted octanol–water partition coefficient (Wildman–Crippen LogP) is 2.04. The highest BCUT2D eigenvalue weighted by Crippen LogP contribution is 2.12. The van der Waals surface area contributed by atoms with Gasteiger partial charge >= 0.3 is 0 Å². The highest BCUT2D eigenvalue weighted by Gasteiger charge is 2.09. The van der Waals surface area contributed by atoms with Crippen molar-refractivity contribution in [2.24, 2.45) is 0 Å². The Hall–Kier alpha value is -3.81. The zero-order valence-electron chi connectivity index (χ0n) is 14.4. The summed E-state index contributed by atoms with van der Waals surface area (Å²) in [4.78, 5) is 20.8.